The molecule has 106 valence electrons. The summed E-state index contributed by atoms with van der Waals surface area (Å²) in [5, 5.41) is 9.21. The fourth-order valence-corrected chi connectivity index (χ4v) is 2.26. The highest BCUT2D eigenvalue weighted by Gasteiger charge is 2.13. The predicted molar refractivity (Wildman–Crippen MR) is 74.6 cm³/mol. The molecule has 0 spiro atoms. The van der Waals surface area contributed by atoms with Gasteiger partial charge in [0, 0.05) is 19.7 Å². The molecule has 0 bridgehead atoms. The fraction of sp³-hybridized carbons (Fsp3) is 0.600. The molecule has 1 aliphatic heterocycles. The smallest absolute Gasteiger partial charge is 0.231 e. The first kappa shape index (κ1) is 14.2. The zero-order valence-electron chi connectivity index (χ0n) is 11.8. The Bertz CT molecular complexity index is 404. The Morgan fingerprint density at radius 1 is 1.32 bits per heavy atom. The Kier molecular flexibility index (Phi) is 5.05. The average Bonchev–Trinajstić information content (AvgIpc) is 2.89. The van der Waals surface area contributed by atoms with Crippen LogP contribution in [0.2, 0.25) is 0 Å². The maximum atomic E-state index is 9.21. The van der Waals surface area contributed by atoms with Gasteiger partial charge in [0.1, 0.15) is 0 Å². The van der Waals surface area contributed by atoms with Gasteiger partial charge in [0.25, 0.3) is 0 Å². The molecule has 0 fully saturated rings. The first-order valence-corrected chi connectivity index (χ1v) is 6.90. The lowest BCUT2D eigenvalue weighted by Crippen LogP contribution is -2.29. The number of likely N-dealkylation sites (N-methyl/N-ethyl adjacent to an activating group) is 1. The first-order valence-electron chi connectivity index (χ1n) is 6.90. The summed E-state index contributed by atoms with van der Waals surface area (Å²) in [6.45, 7) is 4.64. The molecule has 1 N–H and O–H groups in total. The number of hydrogen-bond donors (Lipinski definition) is 1. The molecule has 4 nitrogen and oxygen atoms in total. The van der Waals surface area contributed by atoms with E-state index in [-0.39, 0.29) is 6.61 Å². The van der Waals surface area contributed by atoms with E-state index in [1.165, 1.54) is 5.56 Å². The van der Waals surface area contributed by atoms with E-state index in [1.54, 1.807) is 0 Å². The highest BCUT2D eigenvalue weighted by Crippen LogP contribution is 2.32. The lowest BCUT2D eigenvalue weighted by atomic mass is 10.1. The summed E-state index contributed by atoms with van der Waals surface area (Å²) in [6.07, 6.45) is 2.00. The van der Waals surface area contributed by atoms with E-state index in [9.17, 15) is 5.11 Å². The number of aliphatic hydroxyl groups is 1. The molecule has 19 heavy (non-hydrogen) atoms. The maximum Gasteiger partial charge on any atom is 0.231 e. The number of fused-ring (bicyclic) bond motifs is 1. The van der Waals surface area contributed by atoms with E-state index in [0.29, 0.717) is 12.7 Å². The van der Waals surface area contributed by atoms with Crippen molar-refractivity contribution in [3.05, 3.63) is 23.8 Å². The van der Waals surface area contributed by atoms with Gasteiger partial charge in [-0.05, 0) is 43.5 Å². The Morgan fingerprint density at radius 3 is 2.84 bits per heavy atom. The zero-order valence-corrected chi connectivity index (χ0v) is 11.8. The molecule has 0 aromatic heterocycles. The number of aliphatic hydroxyl groups excluding tert-OH is 1. The van der Waals surface area contributed by atoms with Gasteiger partial charge in [-0.25, -0.2) is 0 Å². The minimum atomic E-state index is 0.269. The summed E-state index contributed by atoms with van der Waals surface area (Å²) in [4.78, 5) is 2.27. The second kappa shape index (κ2) is 6.78. The van der Waals surface area contributed by atoms with E-state index >= 15 is 0 Å². The molecule has 0 aliphatic carbocycles. The molecule has 1 aromatic rings. The third-order valence-electron chi connectivity index (χ3n) is 3.62. The Balaban J connectivity index is 1.81. The van der Waals surface area contributed by atoms with Crippen LogP contribution in [0.5, 0.6) is 11.5 Å². The molecular weight excluding hydrogens is 242 g/mol. The quantitative estimate of drug-likeness (QED) is 0.817. The van der Waals surface area contributed by atoms with Crippen LogP contribution in [0.15, 0.2) is 18.2 Å². The molecule has 1 aliphatic rings. The summed E-state index contributed by atoms with van der Waals surface area (Å²) in [5.74, 6) is 2.06. The second-order valence-corrected chi connectivity index (χ2v) is 5.16. The molecular formula is C15H23NO3. The summed E-state index contributed by atoms with van der Waals surface area (Å²) in [5.41, 5.74) is 1.26. The van der Waals surface area contributed by atoms with Crippen LogP contribution in [0, 0.1) is 5.92 Å². The van der Waals surface area contributed by atoms with Crippen molar-refractivity contribution in [3.8, 4) is 11.5 Å². The Morgan fingerprint density at radius 2 is 2.11 bits per heavy atom. The van der Waals surface area contributed by atoms with Gasteiger partial charge in [0.05, 0.1) is 0 Å². The van der Waals surface area contributed by atoms with Gasteiger partial charge >= 0.3 is 0 Å². The van der Waals surface area contributed by atoms with Crippen LogP contribution in [0.25, 0.3) is 0 Å². The van der Waals surface area contributed by atoms with Crippen molar-refractivity contribution in [1.29, 1.82) is 0 Å². The van der Waals surface area contributed by atoms with Gasteiger partial charge in [0.15, 0.2) is 11.5 Å². The van der Waals surface area contributed by atoms with Crippen LogP contribution in [0.4, 0.5) is 0 Å². The molecule has 0 saturated carbocycles. The molecule has 1 heterocycles. The number of nitrogens with zero attached hydrogens (tertiary/aromatic N) is 1. The fourth-order valence-electron chi connectivity index (χ4n) is 2.26. The molecule has 0 radical (unpaired) electrons. The van der Waals surface area contributed by atoms with Crippen LogP contribution in [0.3, 0.4) is 0 Å². The topological polar surface area (TPSA) is 41.9 Å². The summed E-state index contributed by atoms with van der Waals surface area (Å²) >= 11 is 0. The van der Waals surface area contributed by atoms with Crippen LogP contribution < -0.4 is 9.47 Å². The third-order valence-corrected chi connectivity index (χ3v) is 3.62. The molecule has 0 saturated heterocycles. The van der Waals surface area contributed by atoms with E-state index in [0.717, 1.165) is 37.4 Å². The summed E-state index contributed by atoms with van der Waals surface area (Å²) in [7, 11) is 2.10. The molecule has 1 unspecified atom stereocenters. The highest BCUT2D eigenvalue weighted by atomic mass is 16.7. The lowest BCUT2D eigenvalue weighted by Gasteiger charge is -2.21. The monoisotopic (exact) mass is 265 g/mol. The van der Waals surface area contributed by atoms with Gasteiger partial charge in [0.2, 0.25) is 6.79 Å². The minimum Gasteiger partial charge on any atom is -0.454 e. The number of ether oxygens (including phenoxy) is 2. The third kappa shape index (κ3) is 3.85. The maximum absolute atomic E-state index is 9.21. The SMILES string of the molecule is CCC(CO)CN(C)CCc1ccc2c(c1)OCO2. The van der Waals surface area contributed by atoms with Gasteiger partial charge in [-0.2, -0.15) is 0 Å². The van der Waals surface area contributed by atoms with Crippen molar-refractivity contribution in [2.24, 2.45) is 5.92 Å². The Hall–Kier alpha value is -1.26. The van der Waals surface area contributed by atoms with Crippen molar-refractivity contribution >= 4 is 0 Å². The van der Waals surface area contributed by atoms with Crippen molar-refractivity contribution in [2.45, 2.75) is 19.8 Å². The van der Waals surface area contributed by atoms with Crippen LogP contribution in [0.1, 0.15) is 18.9 Å². The normalized spacial score (nSPS) is 14.9. The second-order valence-electron chi connectivity index (χ2n) is 5.16. The average molecular weight is 265 g/mol. The molecule has 1 atom stereocenters. The first-order chi connectivity index (χ1) is 9.22. The van der Waals surface area contributed by atoms with Gasteiger partial charge in [-0.15, -0.1) is 0 Å². The van der Waals surface area contributed by atoms with Gasteiger partial charge < -0.3 is 19.5 Å². The zero-order chi connectivity index (χ0) is 13.7. The van der Waals surface area contributed by atoms with Gasteiger partial charge in [-0.3, -0.25) is 0 Å². The number of benzene rings is 1. The standard InChI is InChI=1S/C15H23NO3/c1-3-12(10-17)9-16(2)7-6-13-4-5-14-15(8-13)19-11-18-14/h4-5,8,12,17H,3,6-7,9-11H2,1-2H3. The molecule has 4 heteroatoms. The highest BCUT2D eigenvalue weighted by molar-refractivity contribution is 5.44. The molecule has 1 aromatic carbocycles. The lowest BCUT2D eigenvalue weighted by molar-refractivity contribution is 0.174. The van der Waals surface area contributed by atoms with E-state index in [1.807, 2.05) is 6.07 Å². The van der Waals surface area contributed by atoms with E-state index in [2.05, 4.69) is 31.0 Å². The predicted octanol–water partition coefficient (Wildman–Crippen LogP) is 1.91. The van der Waals surface area contributed by atoms with Crippen molar-refractivity contribution in [1.82, 2.24) is 4.90 Å². The minimum absolute atomic E-state index is 0.269. The van der Waals surface area contributed by atoms with Crippen LogP contribution >= 0.6 is 0 Å². The molecule has 0 amide bonds. The largest absolute Gasteiger partial charge is 0.454 e. The van der Waals surface area contributed by atoms with E-state index < -0.39 is 0 Å². The summed E-state index contributed by atoms with van der Waals surface area (Å²) in [6, 6.07) is 6.12. The van der Waals surface area contributed by atoms with Crippen LogP contribution in [-0.4, -0.2) is 43.5 Å². The van der Waals surface area contributed by atoms with E-state index in [4.69, 9.17) is 9.47 Å². The van der Waals surface area contributed by atoms with Crippen LogP contribution in [-0.2, 0) is 6.42 Å². The van der Waals surface area contributed by atoms with Gasteiger partial charge in [-0.1, -0.05) is 13.0 Å². The van der Waals surface area contributed by atoms with Crippen molar-refractivity contribution in [3.63, 3.8) is 0 Å². The summed E-state index contributed by atoms with van der Waals surface area (Å²) < 4.78 is 10.7. The molecule has 2 rings (SSSR count). The van der Waals surface area contributed by atoms with Crippen molar-refractivity contribution in [2.75, 3.05) is 33.5 Å². The Labute approximate surface area is 114 Å². The van der Waals surface area contributed by atoms with Crippen molar-refractivity contribution < 1.29 is 14.6 Å². The number of rotatable bonds is 7. The number of hydrogen-bond acceptors (Lipinski definition) is 4.